The molecule has 0 bridgehead atoms. The molecule has 1 aromatic rings. The van der Waals surface area contributed by atoms with Crippen LogP contribution in [0.15, 0.2) is 16.6 Å². The summed E-state index contributed by atoms with van der Waals surface area (Å²) in [6.45, 7) is 2.47. The van der Waals surface area contributed by atoms with Gasteiger partial charge in [-0.25, -0.2) is 0 Å². The summed E-state index contributed by atoms with van der Waals surface area (Å²) in [5, 5.41) is 0. The number of hydrogen-bond acceptors (Lipinski definition) is 5. The van der Waals surface area contributed by atoms with Crippen LogP contribution in [0.2, 0.25) is 0 Å². The number of nitrogens with two attached hydrogens (primary N) is 1. The molecule has 0 radical (unpaired) electrons. The second kappa shape index (κ2) is 6.52. The third-order valence-electron chi connectivity index (χ3n) is 4.03. The van der Waals surface area contributed by atoms with Crippen LogP contribution in [0.1, 0.15) is 24.4 Å². The lowest BCUT2D eigenvalue weighted by molar-refractivity contribution is 0.115. The lowest BCUT2D eigenvalue weighted by Gasteiger charge is -2.31. The minimum absolute atomic E-state index is 0.179. The molecular formula is C15H21BrN2O3. The average Bonchev–Trinajstić information content (AvgIpc) is 3.20. The maximum absolute atomic E-state index is 6.07. The Kier molecular flexibility index (Phi) is 4.69. The molecule has 2 aliphatic rings. The third kappa shape index (κ3) is 3.18. The van der Waals surface area contributed by atoms with E-state index in [1.165, 1.54) is 12.8 Å². The van der Waals surface area contributed by atoms with Crippen LogP contribution in [0.25, 0.3) is 0 Å². The van der Waals surface area contributed by atoms with Gasteiger partial charge in [-0.3, -0.25) is 4.90 Å². The van der Waals surface area contributed by atoms with Gasteiger partial charge in [-0.1, -0.05) is 0 Å². The summed E-state index contributed by atoms with van der Waals surface area (Å²) in [7, 11) is 1.74. The van der Waals surface area contributed by atoms with Gasteiger partial charge in [-0.15, -0.1) is 0 Å². The maximum atomic E-state index is 6.07. The molecule has 2 N–H and O–H groups in total. The molecule has 1 fully saturated rings. The summed E-state index contributed by atoms with van der Waals surface area (Å²) < 4.78 is 17.1. The highest BCUT2D eigenvalue weighted by atomic mass is 79.9. The minimum atomic E-state index is 0.179. The van der Waals surface area contributed by atoms with E-state index in [0.717, 1.165) is 34.7 Å². The first-order valence-electron chi connectivity index (χ1n) is 7.28. The molecule has 1 heterocycles. The van der Waals surface area contributed by atoms with Crippen molar-refractivity contribution in [1.82, 2.24) is 4.90 Å². The van der Waals surface area contributed by atoms with Crippen LogP contribution >= 0.6 is 15.9 Å². The molecule has 0 amide bonds. The Hall–Kier alpha value is -0.820. The molecule has 0 aromatic heterocycles. The highest BCUT2D eigenvalue weighted by Crippen LogP contribution is 2.43. The number of nitrogens with zero attached hydrogens (tertiary/aromatic N) is 1. The van der Waals surface area contributed by atoms with Crippen molar-refractivity contribution in [3.05, 3.63) is 22.2 Å². The quantitative estimate of drug-likeness (QED) is 0.812. The lowest BCUT2D eigenvalue weighted by atomic mass is 10.0. The normalized spacial score (nSPS) is 18.3. The lowest BCUT2D eigenvalue weighted by Crippen LogP contribution is -2.37. The van der Waals surface area contributed by atoms with Crippen LogP contribution in [0, 0.1) is 0 Å². The van der Waals surface area contributed by atoms with Crippen molar-refractivity contribution < 1.29 is 14.2 Å². The van der Waals surface area contributed by atoms with Gasteiger partial charge >= 0.3 is 0 Å². The van der Waals surface area contributed by atoms with Gasteiger partial charge in [0.15, 0.2) is 11.5 Å². The van der Waals surface area contributed by atoms with Crippen molar-refractivity contribution >= 4 is 15.9 Å². The highest BCUT2D eigenvalue weighted by molar-refractivity contribution is 9.10. The molecule has 0 spiro atoms. The van der Waals surface area contributed by atoms with Gasteiger partial charge in [-0.2, -0.15) is 0 Å². The minimum Gasteiger partial charge on any atom is -0.454 e. The van der Waals surface area contributed by atoms with Gasteiger partial charge in [0.1, 0.15) is 0 Å². The molecular weight excluding hydrogens is 336 g/mol. The number of rotatable bonds is 7. The van der Waals surface area contributed by atoms with Gasteiger partial charge in [0.25, 0.3) is 0 Å². The second-order valence-electron chi connectivity index (χ2n) is 5.45. The van der Waals surface area contributed by atoms with Crippen LogP contribution in [0.5, 0.6) is 11.5 Å². The summed E-state index contributed by atoms with van der Waals surface area (Å²) >= 11 is 3.56. The van der Waals surface area contributed by atoms with Crippen LogP contribution < -0.4 is 15.2 Å². The van der Waals surface area contributed by atoms with Gasteiger partial charge in [0, 0.05) is 32.3 Å². The van der Waals surface area contributed by atoms with E-state index in [9.17, 15) is 0 Å². The number of hydrogen-bond donors (Lipinski definition) is 1. The van der Waals surface area contributed by atoms with Gasteiger partial charge < -0.3 is 19.9 Å². The molecule has 1 atom stereocenters. The smallest absolute Gasteiger partial charge is 0.231 e. The summed E-state index contributed by atoms with van der Waals surface area (Å²) in [6, 6.07) is 4.94. The fraction of sp³-hybridized carbons (Fsp3) is 0.600. The fourth-order valence-corrected chi connectivity index (χ4v) is 3.41. The van der Waals surface area contributed by atoms with E-state index in [-0.39, 0.29) is 12.8 Å². The molecule has 1 saturated carbocycles. The Morgan fingerprint density at radius 1 is 1.43 bits per heavy atom. The van der Waals surface area contributed by atoms with E-state index in [0.29, 0.717) is 12.6 Å². The Morgan fingerprint density at radius 3 is 2.90 bits per heavy atom. The third-order valence-corrected chi connectivity index (χ3v) is 4.62. The standard InChI is InChI=1S/C15H21BrN2O3/c1-19-5-4-18(11-2-3-11)13(8-17)10-6-12(16)15-14(7-10)20-9-21-15/h6-7,11,13H,2-5,8-9,17H2,1H3. The zero-order valence-corrected chi connectivity index (χ0v) is 13.8. The molecule has 6 heteroatoms. The first kappa shape index (κ1) is 15.1. The predicted octanol–water partition coefficient (Wildman–Crippen LogP) is 2.29. The molecule has 116 valence electrons. The van der Waals surface area contributed by atoms with E-state index in [4.69, 9.17) is 19.9 Å². The van der Waals surface area contributed by atoms with Crippen molar-refractivity contribution in [3.8, 4) is 11.5 Å². The van der Waals surface area contributed by atoms with Gasteiger partial charge in [0.05, 0.1) is 11.1 Å². The first-order chi connectivity index (χ1) is 10.2. The van der Waals surface area contributed by atoms with Gasteiger partial charge in [-0.05, 0) is 46.5 Å². The number of methoxy groups -OCH3 is 1. The topological polar surface area (TPSA) is 57.0 Å². The average molecular weight is 357 g/mol. The molecule has 21 heavy (non-hydrogen) atoms. The molecule has 0 saturated heterocycles. The SMILES string of the molecule is COCCN(C1CC1)C(CN)c1cc(Br)c2c(c1)OCO2. The zero-order valence-electron chi connectivity index (χ0n) is 12.2. The monoisotopic (exact) mass is 356 g/mol. The van der Waals surface area contributed by atoms with Crippen LogP contribution in [0.3, 0.4) is 0 Å². The number of ether oxygens (including phenoxy) is 3. The Bertz CT molecular complexity index is 508. The summed E-state index contributed by atoms with van der Waals surface area (Å²) in [4.78, 5) is 2.45. The largest absolute Gasteiger partial charge is 0.454 e. The van der Waals surface area contributed by atoms with Crippen molar-refractivity contribution in [2.45, 2.75) is 24.9 Å². The molecule has 1 aromatic carbocycles. The van der Waals surface area contributed by atoms with Crippen molar-refractivity contribution in [1.29, 1.82) is 0 Å². The van der Waals surface area contributed by atoms with E-state index < -0.39 is 0 Å². The van der Waals surface area contributed by atoms with Crippen LogP contribution in [-0.2, 0) is 4.74 Å². The molecule has 3 rings (SSSR count). The molecule has 1 aliphatic carbocycles. The highest BCUT2D eigenvalue weighted by Gasteiger charge is 2.34. The molecule has 5 nitrogen and oxygen atoms in total. The van der Waals surface area contributed by atoms with Gasteiger partial charge in [0.2, 0.25) is 6.79 Å². The van der Waals surface area contributed by atoms with Crippen molar-refractivity contribution in [3.63, 3.8) is 0 Å². The van der Waals surface area contributed by atoms with E-state index >= 15 is 0 Å². The van der Waals surface area contributed by atoms with E-state index in [1.807, 2.05) is 6.07 Å². The van der Waals surface area contributed by atoms with Crippen LogP contribution in [0.4, 0.5) is 0 Å². The number of benzene rings is 1. The zero-order chi connectivity index (χ0) is 14.8. The summed E-state index contributed by atoms with van der Waals surface area (Å²) in [6.07, 6.45) is 2.48. The Morgan fingerprint density at radius 2 is 2.24 bits per heavy atom. The predicted molar refractivity (Wildman–Crippen MR) is 83.7 cm³/mol. The van der Waals surface area contributed by atoms with E-state index in [2.05, 4.69) is 26.9 Å². The van der Waals surface area contributed by atoms with Crippen molar-refractivity contribution in [2.75, 3.05) is 33.6 Å². The number of halogens is 1. The maximum Gasteiger partial charge on any atom is 0.231 e. The first-order valence-corrected chi connectivity index (χ1v) is 8.07. The fourth-order valence-electron chi connectivity index (χ4n) is 2.84. The number of fused-ring (bicyclic) bond motifs is 1. The Balaban J connectivity index is 1.86. The van der Waals surface area contributed by atoms with Crippen LogP contribution in [-0.4, -0.2) is 44.5 Å². The summed E-state index contributed by atoms with van der Waals surface area (Å²) in [5.74, 6) is 1.57. The second-order valence-corrected chi connectivity index (χ2v) is 6.30. The summed E-state index contributed by atoms with van der Waals surface area (Å²) in [5.41, 5.74) is 7.23. The Labute approximate surface area is 133 Å². The van der Waals surface area contributed by atoms with Crippen molar-refractivity contribution in [2.24, 2.45) is 5.73 Å². The molecule has 1 aliphatic heterocycles. The molecule has 1 unspecified atom stereocenters. The van der Waals surface area contributed by atoms with E-state index in [1.54, 1.807) is 7.11 Å².